The smallest absolute Gasteiger partial charge is 0.268 e. The van der Waals surface area contributed by atoms with Gasteiger partial charge in [-0.25, -0.2) is 8.78 Å². The Labute approximate surface area is 121 Å². The van der Waals surface area contributed by atoms with E-state index in [1.807, 2.05) is 0 Å². The molecule has 0 aliphatic carbocycles. The van der Waals surface area contributed by atoms with Crippen LogP contribution in [0, 0.1) is 15.2 Å². The topological polar surface area (TPSA) is 66.0 Å². The molecule has 0 fully saturated rings. The van der Waals surface area contributed by atoms with Crippen LogP contribution in [0.2, 0.25) is 0 Å². The summed E-state index contributed by atoms with van der Waals surface area (Å²) in [5.41, 5.74) is -0.424. The van der Waals surface area contributed by atoms with E-state index in [0.717, 1.165) is 6.07 Å². The van der Waals surface area contributed by atoms with Gasteiger partial charge in [0.1, 0.15) is 9.39 Å². The molecule has 1 aromatic carbocycles. The summed E-state index contributed by atoms with van der Waals surface area (Å²) in [6.45, 7) is 0. The van der Waals surface area contributed by atoms with Crippen LogP contribution in [0.5, 0.6) is 5.88 Å². The summed E-state index contributed by atoms with van der Waals surface area (Å²) in [6.07, 6.45) is 0. The van der Waals surface area contributed by atoms with Gasteiger partial charge in [0.25, 0.3) is 5.56 Å². The zero-order chi connectivity index (χ0) is 13.4. The Morgan fingerprint density at radius 2 is 2.06 bits per heavy atom. The highest BCUT2D eigenvalue weighted by Crippen LogP contribution is 2.30. The van der Waals surface area contributed by atoms with E-state index >= 15 is 0 Å². The summed E-state index contributed by atoms with van der Waals surface area (Å²) in [5.74, 6) is -2.63. The third-order valence-corrected chi connectivity index (χ3v) is 3.88. The molecule has 4 nitrogen and oxygen atoms in total. The Balaban J connectivity index is 2.70. The quantitative estimate of drug-likeness (QED) is 0.542. The molecule has 1 aromatic heterocycles. The molecule has 0 saturated heterocycles. The summed E-state index contributed by atoms with van der Waals surface area (Å²) in [4.78, 5) is 17.5. The van der Waals surface area contributed by atoms with Crippen LogP contribution in [0.3, 0.4) is 0 Å². The highest BCUT2D eigenvalue weighted by atomic mass is 127. The standard InChI is InChI=1S/C10H4BrF2IN2O2/c11-5-3(1-2-4(12)6(5)13)8-15-9(17)7(14)10(18)16-8/h1-2H,(H2,15,16,17,18). The number of hydrogen-bond acceptors (Lipinski definition) is 3. The molecule has 0 bridgehead atoms. The van der Waals surface area contributed by atoms with Crippen LogP contribution in [0.1, 0.15) is 0 Å². The van der Waals surface area contributed by atoms with Gasteiger partial charge in [0.15, 0.2) is 11.6 Å². The first-order valence-corrected chi connectivity index (χ1v) is 6.41. The molecule has 0 unspecified atom stereocenters. The Kier molecular flexibility index (Phi) is 3.66. The van der Waals surface area contributed by atoms with Gasteiger partial charge >= 0.3 is 0 Å². The largest absolute Gasteiger partial charge is 0.492 e. The maximum atomic E-state index is 13.4. The third kappa shape index (κ3) is 2.26. The van der Waals surface area contributed by atoms with Crippen LogP contribution < -0.4 is 5.56 Å². The predicted molar refractivity (Wildman–Crippen MR) is 72.3 cm³/mol. The molecular formula is C10H4BrF2IN2O2. The van der Waals surface area contributed by atoms with Gasteiger partial charge < -0.3 is 10.1 Å². The van der Waals surface area contributed by atoms with E-state index in [0.29, 0.717) is 0 Å². The molecule has 2 N–H and O–H groups in total. The highest BCUT2D eigenvalue weighted by molar-refractivity contribution is 14.1. The predicted octanol–water partition coefficient (Wildman–Crippen LogP) is 2.79. The number of halogens is 4. The minimum atomic E-state index is -1.09. The number of aromatic nitrogens is 2. The number of aromatic hydroxyl groups is 1. The summed E-state index contributed by atoms with van der Waals surface area (Å²) in [7, 11) is 0. The van der Waals surface area contributed by atoms with Gasteiger partial charge in [0.2, 0.25) is 5.88 Å². The van der Waals surface area contributed by atoms with E-state index in [1.165, 1.54) is 6.07 Å². The van der Waals surface area contributed by atoms with E-state index in [1.54, 1.807) is 22.6 Å². The number of rotatable bonds is 1. The Morgan fingerprint density at radius 1 is 1.39 bits per heavy atom. The lowest BCUT2D eigenvalue weighted by Gasteiger charge is -2.06. The number of hydrogen-bond donors (Lipinski definition) is 2. The van der Waals surface area contributed by atoms with Gasteiger partial charge in [0, 0.05) is 5.56 Å². The van der Waals surface area contributed by atoms with Gasteiger partial charge in [-0.2, -0.15) is 4.98 Å². The van der Waals surface area contributed by atoms with Crippen LogP contribution in [0.15, 0.2) is 21.4 Å². The fourth-order valence-electron chi connectivity index (χ4n) is 1.28. The van der Waals surface area contributed by atoms with Gasteiger partial charge in [-0.3, -0.25) is 4.79 Å². The Bertz CT molecular complexity index is 690. The minimum absolute atomic E-state index is 0.0232. The minimum Gasteiger partial charge on any atom is -0.492 e. The normalized spacial score (nSPS) is 10.7. The summed E-state index contributed by atoms with van der Waals surface area (Å²) in [6, 6.07) is 2.15. The van der Waals surface area contributed by atoms with Crippen molar-refractivity contribution in [1.29, 1.82) is 0 Å². The van der Waals surface area contributed by atoms with Crippen molar-refractivity contribution >= 4 is 38.5 Å². The van der Waals surface area contributed by atoms with Crippen molar-refractivity contribution in [3.63, 3.8) is 0 Å². The van der Waals surface area contributed by atoms with E-state index in [9.17, 15) is 18.7 Å². The average molecular weight is 429 g/mol. The first-order valence-electron chi connectivity index (χ1n) is 4.54. The summed E-state index contributed by atoms with van der Waals surface area (Å²) in [5, 5.41) is 9.44. The zero-order valence-corrected chi connectivity index (χ0v) is 12.2. The van der Waals surface area contributed by atoms with Gasteiger partial charge in [-0.05, 0) is 50.7 Å². The van der Waals surface area contributed by atoms with Gasteiger partial charge in [0.05, 0.1) is 4.47 Å². The number of aromatic amines is 1. The maximum Gasteiger partial charge on any atom is 0.268 e. The monoisotopic (exact) mass is 428 g/mol. The lowest BCUT2D eigenvalue weighted by Crippen LogP contribution is -2.12. The second-order valence-electron chi connectivity index (χ2n) is 3.28. The highest BCUT2D eigenvalue weighted by Gasteiger charge is 2.16. The van der Waals surface area contributed by atoms with Crippen molar-refractivity contribution < 1.29 is 13.9 Å². The first kappa shape index (κ1) is 13.4. The van der Waals surface area contributed by atoms with Crippen molar-refractivity contribution in [2.75, 3.05) is 0 Å². The van der Waals surface area contributed by atoms with Crippen LogP contribution in [-0.4, -0.2) is 15.1 Å². The number of benzene rings is 1. The molecule has 0 atom stereocenters. The second kappa shape index (κ2) is 4.92. The molecule has 94 valence electrons. The van der Waals surface area contributed by atoms with Crippen molar-refractivity contribution in [3.05, 3.63) is 42.2 Å². The SMILES string of the molecule is O=c1[nH]c(-c2ccc(F)c(F)c2Br)nc(O)c1I. The molecule has 8 heteroatoms. The van der Waals surface area contributed by atoms with E-state index in [4.69, 9.17) is 0 Å². The van der Waals surface area contributed by atoms with E-state index in [2.05, 4.69) is 25.9 Å². The lowest BCUT2D eigenvalue weighted by molar-refractivity contribution is 0.447. The number of nitrogens with zero attached hydrogens (tertiary/aromatic N) is 1. The Hall–Kier alpha value is -1.03. The van der Waals surface area contributed by atoms with Crippen LogP contribution in [-0.2, 0) is 0 Å². The molecular weight excluding hydrogens is 425 g/mol. The van der Waals surface area contributed by atoms with Crippen LogP contribution >= 0.6 is 38.5 Å². The fraction of sp³-hybridized carbons (Fsp3) is 0. The van der Waals surface area contributed by atoms with Gasteiger partial charge in [-0.15, -0.1) is 0 Å². The van der Waals surface area contributed by atoms with Crippen LogP contribution in [0.25, 0.3) is 11.4 Å². The molecule has 0 aliphatic rings. The lowest BCUT2D eigenvalue weighted by atomic mass is 10.2. The van der Waals surface area contributed by atoms with Crippen molar-refractivity contribution in [2.24, 2.45) is 0 Å². The molecule has 0 aliphatic heterocycles. The number of nitrogens with one attached hydrogen (secondary N) is 1. The summed E-state index contributed by atoms with van der Waals surface area (Å²) >= 11 is 4.50. The molecule has 0 radical (unpaired) electrons. The molecule has 2 rings (SSSR count). The van der Waals surface area contributed by atoms with Crippen molar-refractivity contribution in [1.82, 2.24) is 9.97 Å². The van der Waals surface area contributed by atoms with Crippen LogP contribution in [0.4, 0.5) is 8.78 Å². The zero-order valence-electron chi connectivity index (χ0n) is 8.47. The molecule has 0 amide bonds. The molecule has 1 heterocycles. The number of H-pyrrole nitrogens is 1. The first-order chi connectivity index (χ1) is 8.41. The fourth-order valence-corrected chi connectivity index (χ4v) is 2.05. The van der Waals surface area contributed by atoms with Crippen molar-refractivity contribution in [2.45, 2.75) is 0 Å². The molecule has 18 heavy (non-hydrogen) atoms. The third-order valence-electron chi connectivity index (χ3n) is 2.14. The average Bonchev–Trinajstić information content (AvgIpc) is 2.33. The second-order valence-corrected chi connectivity index (χ2v) is 5.15. The van der Waals surface area contributed by atoms with Gasteiger partial charge in [-0.1, -0.05) is 0 Å². The van der Waals surface area contributed by atoms with E-state index in [-0.39, 0.29) is 19.4 Å². The summed E-state index contributed by atoms with van der Waals surface area (Å²) < 4.78 is 26.2. The molecule has 0 saturated carbocycles. The maximum absolute atomic E-state index is 13.4. The van der Waals surface area contributed by atoms with Crippen molar-refractivity contribution in [3.8, 4) is 17.3 Å². The molecule has 0 spiro atoms. The van der Waals surface area contributed by atoms with E-state index < -0.39 is 23.1 Å². The Morgan fingerprint density at radius 3 is 2.67 bits per heavy atom. The molecule has 2 aromatic rings.